The van der Waals surface area contributed by atoms with Crippen molar-refractivity contribution in [2.45, 2.75) is 18.2 Å². The number of benzene rings is 2. The van der Waals surface area contributed by atoms with Crippen LogP contribution in [0.2, 0.25) is 0 Å². The van der Waals surface area contributed by atoms with Crippen LogP contribution in [0.15, 0.2) is 53.9 Å². The summed E-state index contributed by atoms with van der Waals surface area (Å²) in [5.41, 5.74) is 1.82. The first-order chi connectivity index (χ1) is 12.7. The van der Waals surface area contributed by atoms with Gasteiger partial charge in [0.05, 0.1) is 12.0 Å². The minimum absolute atomic E-state index is 0.0410. The Balaban J connectivity index is 2.06. The summed E-state index contributed by atoms with van der Waals surface area (Å²) < 4.78 is 33.9. The Labute approximate surface area is 158 Å². The fourth-order valence-electron chi connectivity index (χ4n) is 2.45. The minimum Gasteiger partial charge on any atom is -0.493 e. The van der Waals surface area contributed by atoms with Gasteiger partial charge in [0.2, 0.25) is 10.0 Å². The zero-order valence-corrected chi connectivity index (χ0v) is 16.0. The number of aryl methyl sites for hydroxylation is 1. The Morgan fingerprint density at radius 3 is 2.59 bits per heavy atom. The van der Waals surface area contributed by atoms with Gasteiger partial charge in [-0.2, -0.15) is 0 Å². The van der Waals surface area contributed by atoms with E-state index in [1.165, 1.54) is 13.2 Å². The van der Waals surface area contributed by atoms with Gasteiger partial charge in [-0.3, -0.25) is 4.79 Å². The molecule has 7 nitrogen and oxygen atoms in total. The summed E-state index contributed by atoms with van der Waals surface area (Å²) in [7, 11) is -2.36. The van der Waals surface area contributed by atoms with Gasteiger partial charge in [0.1, 0.15) is 0 Å². The van der Waals surface area contributed by atoms with Crippen molar-refractivity contribution < 1.29 is 22.7 Å². The van der Waals surface area contributed by atoms with Crippen molar-refractivity contribution in [3.05, 3.63) is 60.2 Å². The molecule has 0 saturated carbocycles. The summed E-state index contributed by atoms with van der Waals surface area (Å²) in [6, 6.07) is 9.86. The summed E-state index contributed by atoms with van der Waals surface area (Å²) in [5.74, 6) is 0.486. The molecule has 144 valence electrons. The maximum Gasteiger partial charge on any atom is 0.262 e. The van der Waals surface area contributed by atoms with Crippen molar-refractivity contribution in [3.8, 4) is 11.5 Å². The maximum atomic E-state index is 12.1. The molecular formula is C19H22N2O5S. The molecule has 3 N–H and O–H groups in total. The van der Waals surface area contributed by atoms with Crippen LogP contribution in [0.1, 0.15) is 11.1 Å². The number of ether oxygens (including phenoxy) is 2. The lowest BCUT2D eigenvalue weighted by Crippen LogP contribution is -2.21. The van der Waals surface area contributed by atoms with E-state index in [2.05, 4.69) is 11.9 Å². The Morgan fingerprint density at radius 2 is 1.96 bits per heavy atom. The van der Waals surface area contributed by atoms with E-state index in [0.717, 1.165) is 5.56 Å². The molecule has 0 atom stereocenters. The van der Waals surface area contributed by atoms with Crippen LogP contribution in [-0.2, 0) is 21.2 Å². The number of carbonyl (C=O) groups excluding carboxylic acids is 1. The first-order valence-corrected chi connectivity index (χ1v) is 9.63. The average molecular weight is 390 g/mol. The smallest absolute Gasteiger partial charge is 0.262 e. The number of amides is 1. The van der Waals surface area contributed by atoms with E-state index in [9.17, 15) is 13.2 Å². The van der Waals surface area contributed by atoms with Gasteiger partial charge < -0.3 is 14.8 Å². The lowest BCUT2D eigenvalue weighted by molar-refractivity contribution is -0.118. The summed E-state index contributed by atoms with van der Waals surface area (Å²) in [5, 5.41) is 7.76. The Bertz CT molecular complexity index is 955. The SMILES string of the molecule is C=CCc1ccc(OCC(=O)Nc2ccc(C)c(S(N)(=O)=O)c2)c(OC)c1. The molecule has 2 rings (SSSR count). The molecular weight excluding hydrogens is 368 g/mol. The molecule has 27 heavy (non-hydrogen) atoms. The predicted octanol–water partition coefficient (Wildman–Crippen LogP) is 2.40. The quantitative estimate of drug-likeness (QED) is 0.673. The maximum absolute atomic E-state index is 12.1. The molecule has 0 saturated heterocycles. The summed E-state index contributed by atoms with van der Waals surface area (Å²) in [6.07, 6.45) is 2.47. The zero-order valence-electron chi connectivity index (χ0n) is 15.2. The van der Waals surface area contributed by atoms with Crippen LogP contribution in [0.4, 0.5) is 5.69 Å². The number of carbonyl (C=O) groups is 1. The van der Waals surface area contributed by atoms with Crippen molar-refractivity contribution in [2.24, 2.45) is 5.14 Å². The third-order valence-corrected chi connectivity index (χ3v) is 4.80. The van der Waals surface area contributed by atoms with Gasteiger partial charge in [-0.25, -0.2) is 13.6 Å². The second-order valence-electron chi connectivity index (χ2n) is 5.84. The normalized spacial score (nSPS) is 10.9. The van der Waals surface area contributed by atoms with Crippen LogP contribution in [0.25, 0.3) is 0 Å². The molecule has 0 heterocycles. The number of methoxy groups -OCH3 is 1. The summed E-state index contributed by atoms with van der Waals surface area (Å²) in [6.45, 7) is 5.04. The molecule has 0 aliphatic heterocycles. The van der Waals surface area contributed by atoms with Gasteiger partial charge in [0.25, 0.3) is 5.91 Å². The highest BCUT2D eigenvalue weighted by Crippen LogP contribution is 2.28. The van der Waals surface area contributed by atoms with E-state index in [-0.39, 0.29) is 11.5 Å². The minimum atomic E-state index is -3.87. The second kappa shape index (κ2) is 8.70. The van der Waals surface area contributed by atoms with Crippen LogP contribution in [0.5, 0.6) is 11.5 Å². The van der Waals surface area contributed by atoms with Crippen molar-refractivity contribution in [1.82, 2.24) is 0 Å². The van der Waals surface area contributed by atoms with Gasteiger partial charge in [0.15, 0.2) is 18.1 Å². The monoisotopic (exact) mass is 390 g/mol. The summed E-state index contributed by atoms with van der Waals surface area (Å²) in [4.78, 5) is 12.1. The molecule has 0 radical (unpaired) electrons. The van der Waals surface area contributed by atoms with Crippen molar-refractivity contribution in [2.75, 3.05) is 19.0 Å². The lowest BCUT2D eigenvalue weighted by atomic mass is 10.1. The van der Waals surface area contributed by atoms with Crippen LogP contribution in [-0.4, -0.2) is 28.0 Å². The molecule has 0 bridgehead atoms. The fraction of sp³-hybridized carbons (Fsp3) is 0.211. The first-order valence-electron chi connectivity index (χ1n) is 8.08. The van der Waals surface area contributed by atoms with Crippen LogP contribution in [0, 0.1) is 6.92 Å². The molecule has 2 aromatic rings. The number of primary sulfonamides is 1. The standard InChI is InChI=1S/C19H22N2O5S/c1-4-5-14-7-9-16(17(10-14)25-3)26-12-19(22)21-15-8-6-13(2)18(11-15)27(20,23)24/h4,6-11H,1,5,12H2,2-3H3,(H,21,22)(H2,20,23,24). The molecule has 0 spiro atoms. The molecule has 2 aromatic carbocycles. The molecule has 0 aliphatic rings. The predicted molar refractivity (Wildman–Crippen MR) is 104 cm³/mol. The molecule has 0 aromatic heterocycles. The fourth-order valence-corrected chi connectivity index (χ4v) is 3.26. The highest BCUT2D eigenvalue weighted by molar-refractivity contribution is 7.89. The van der Waals surface area contributed by atoms with E-state index in [1.807, 2.05) is 12.1 Å². The van der Waals surface area contributed by atoms with E-state index >= 15 is 0 Å². The van der Waals surface area contributed by atoms with Crippen molar-refractivity contribution in [1.29, 1.82) is 0 Å². The molecule has 0 unspecified atom stereocenters. The van der Waals surface area contributed by atoms with Crippen molar-refractivity contribution >= 4 is 21.6 Å². The van der Waals surface area contributed by atoms with E-state index in [4.69, 9.17) is 14.6 Å². The zero-order chi connectivity index (χ0) is 20.0. The van der Waals surface area contributed by atoms with Gasteiger partial charge in [-0.15, -0.1) is 6.58 Å². The van der Waals surface area contributed by atoms with Gasteiger partial charge in [-0.05, 0) is 48.7 Å². The average Bonchev–Trinajstić information content (AvgIpc) is 2.61. The van der Waals surface area contributed by atoms with Crippen LogP contribution in [0.3, 0.4) is 0 Å². The number of sulfonamides is 1. The second-order valence-corrected chi connectivity index (χ2v) is 7.37. The van der Waals surface area contributed by atoms with Crippen LogP contribution >= 0.6 is 0 Å². The molecule has 8 heteroatoms. The van der Waals surface area contributed by atoms with E-state index in [1.54, 1.807) is 31.2 Å². The highest BCUT2D eigenvalue weighted by atomic mass is 32.2. The number of nitrogens with one attached hydrogen (secondary N) is 1. The lowest BCUT2D eigenvalue weighted by Gasteiger charge is -2.12. The number of rotatable bonds is 8. The Kier molecular flexibility index (Phi) is 6.59. The largest absolute Gasteiger partial charge is 0.493 e. The number of anilines is 1. The molecule has 1 amide bonds. The molecule has 0 fully saturated rings. The van der Waals surface area contributed by atoms with E-state index in [0.29, 0.717) is 29.2 Å². The Morgan fingerprint density at radius 1 is 1.22 bits per heavy atom. The third kappa shape index (κ3) is 5.57. The van der Waals surface area contributed by atoms with Gasteiger partial charge in [0, 0.05) is 5.69 Å². The Hall–Kier alpha value is -2.84. The van der Waals surface area contributed by atoms with Crippen LogP contribution < -0.4 is 19.9 Å². The highest BCUT2D eigenvalue weighted by Gasteiger charge is 2.14. The topological polar surface area (TPSA) is 108 Å². The van der Waals surface area contributed by atoms with Gasteiger partial charge >= 0.3 is 0 Å². The number of hydrogen-bond donors (Lipinski definition) is 2. The van der Waals surface area contributed by atoms with Crippen molar-refractivity contribution in [3.63, 3.8) is 0 Å². The third-order valence-electron chi connectivity index (χ3n) is 3.75. The first kappa shape index (κ1) is 20.5. The van der Waals surface area contributed by atoms with Gasteiger partial charge in [-0.1, -0.05) is 18.2 Å². The number of hydrogen-bond acceptors (Lipinski definition) is 5. The number of nitrogens with two attached hydrogens (primary N) is 1. The summed E-state index contributed by atoms with van der Waals surface area (Å²) >= 11 is 0. The molecule has 0 aliphatic carbocycles. The van der Waals surface area contributed by atoms with E-state index < -0.39 is 15.9 Å². The number of allylic oxidation sites excluding steroid dienone is 1.